The van der Waals surface area contributed by atoms with Gasteiger partial charge in [0.05, 0.1) is 0 Å². The second kappa shape index (κ2) is 5.25. The smallest absolute Gasteiger partial charge is 0.0303 e. The van der Waals surface area contributed by atoms with Gasteiger partial charge in [0, 0.05) is 22.8 Å². The maximum Gasteiger partial charge on any atom is 0.0303 e. The lowest BCUT2D eigenvalue weighted by Crippen LogP contribution is -2.11. The molecule has 1 aromatic heterocycles. The van der Waals surface area contributed by atoms with Gasteiger partial charge in [-0.15, -0.1) is 11.3 Å². The average Bonchev–Trinajstić information content (AvgIpc) is 2.92. The number of hydrogen-bond acceptors (Lipinski definition) is 2. The van der Waals surface area contributed by atoms with Crippen LogP contribution in [0.1, 0.15) is 32.9 Å². The Labute approximate surface area is 113 Å². The van der Waals surface area contributed by atoms with Crippen molar-refractivity contribution in [3.05, 3.63) is 56.8 Å². The van der Waals surface area contributed by atoms with Crippen molar-refractivity contribution in [3.8, 4) is 0 Å². The summed E-state index contributed by atoms with van der Waals surface area (Å²) in [6.45, 7) is 4.10. The summed E-state index contributed by atoms with van der Waals surface area (Å²) in [6.07, 6.45) is 3.96. The summed E-state index contributed by atoms with van der Waals surface area (Å²) in [7, 11) is 0. The molecular weight excluding hydrogens is 238 g/mol. The molecule has 0 saturated carbocycles. The maximum atomic E-state index is 3.54. The quantitative estimate of drug-likeness (QED) is 0.877. The Balaban J connectivity index is 1.53. The molecule has 2 heteroatoms. The molecule has 0 spiro atoms. The van der Waals surface area contributed by atoms with E-state index in [9.17, 15) is 0 Å². The van der Waals surface area contributed by atoms with E-state index in [2.05, 4.69) is 42.6 Å². The Morgan fingerprint density at radius 3 is 2.72 bits per heavy atom. The van der Waals surface area contributed by atoms with Crippen LogP contribution < -0.4 is 5.32 Å². The summed E-state index contributed by atoms with van der Waals surface area (Å²) in [5, 5.41) is 3.54. The fourth-order valence-corrected chi connectivity index (χ4v) is 3.74. The van der Waals surface area contributed by atoms with Crippen LogP contribution in [0.4, 0.5) is 0 Å². The van der Waals surface area contributed by atoms with Crippen molar-refractivity contribution in [1.82, 2.24) is 5.32 Å². The Bertz CT molecular complexity index is 503. The Kier molecular flexibility index (Phi) is 3.48. The minimum Gasteiger partial charge on any atom is -0.308 e. The fourth-order valence-electron chi connectivity index (χ4n) is 2.51. The van der Waals surface area contributed by atoms with E-state index in [-0.39, 0.29) is 0 Å². The van der Waals surface area contributed by atoms with Crippen LogP contribution in [0.2, 0.25) is 0 Å². The molecule has 1 heterocycles. The largest absolute Gasteiger partial charge is 0.308 e. The second-order valence-corrected chi connectivity index (χ2v) is 6.33. The minimum atomic E-state index is 0.961. The summed E-state index contributed by atoms with van der Waals surface area (Å²) in [5.41, 5.74) is 4.30. The van der Waals surface area contributed by atoms with Crippen molar-refractivity contribution in [2.75, 3.05) is 0 Å². The van der Waals surface area contributed by atoms with Gasteiger partial charge in [-0.2, -0.15) is 0 Å². The second-order valence-electron chi connectivity index (χ2n) is 5.10. The lowest BCUT2D eigenvalue weighted by Gasteiger charge is -2.04. The average molecular weight is 257 g/mol. The van der Waals surface area contributed by atoms with E-state index in [1.165, 1.54) is 35.3 Å². The molecule has 0 bridgehead atoms. The number of rotatable bonds is 4. The van der Waals surface area contributed by atoms with Gasteiger partial charge in [0.1, 0.15) is 0 Å². The van der Waals surface area contributed by atoms with Crippen LogP contribution in [0.15, 0.2) is 30.3 Å². The first-order valence-corrected chi connectivity index (χ1v) is 7.49. The number of hydrogen-bond donors (Lipinski definition) is 1. The van der Waals surface area contributed by atoms with Crippen molar-refractivity contribution in [2.45, 2.75) is 39.3 Å². The molecule has 0 aliphatic heterocycles. The van der Waals surface area contributed by atoms with Gasteiger partial charge in [-0.1, -0.05) is 29.8 Å². The van der Waals surface area contributed by atoms with Crippen molar-refractivity contribution < 1.29 is 0 Å². The molecule has 1 N–H and O–H groups in total. The number of aryl methyl sites for hydroxylation is 3. The summed E-state index contributed by atoms with van der Waals surface area (Å²) >= 11 is 2.00. The van der Waals surface area contributed by atoms with Crippen LogP contribution >= 0.6 is 11.3 Å². The first kappa shape index (κ1) is 11.9. The minimum absolute atomic E-state index is 0.961. The normalized spacial score (nSPS) is 13.8. The Morgan fingerprint density at radius 1 is 1.11 bits per heavy atom. The molecule has 1 aliphatic rings. The summed E-state index contributed by atoms with van der Waals surface area (Å²) < 4.78 is 0. The van der Waals surface area contributed by atoms with Crippen LogP contribution in [-0.4, -0.2) is 0 Å². The number of fused-ring (bicyclic) bond motifs is 1. The Morgan fingerprint density at radius 2 is 1.94 bits per heavy atom. The third kappa shape index (κ3) is 2.65. The van der Waals surface area contributed by atoms with E-state index >= 15 is 0 Å². The molecular formula is C16H19NS. The van der Waals surface area contributed by atoms with Gasteiger partial charge in [0.15, 0.2) is 0 Å². The number of benzene rings is 1. The zero-order valence-corrected chi connectivity index (χ0v) is 11.6. The van der Waals surface area contributed by atoms with Crippen LogP contribution in [0.5, 0.6) is 0 Å². The predicted molar refractivity (Wildman–Crippen MR) is 78.1 cm³/mol. The molecule has 18 heavy (non-hydrogen) atoms. The van der Waals surface area contributed by atoms with Gasteiger partial charge in [-0.3, -0.25) is 0 Å². The molecule has 1 aromatic carbocycles. The van der Waals surface area contributed by atoms with E-state index in [1.54, 1.807) is 10.4 Å². The third-order valence-corrected chi connectivity index (χ3v) is 4.78. The Hall–Kier alpha value is -1.12. The molecule has 0 atom stereocenters. The van der Waals surface area contributed by atoms with Crippen molar-refractivity contribution in [3.63, 3.8) is 0 Å². The monoisotopic (exact) mass is 257 g/mol. The maximum absolute atomic E-state index is 3.54. The van der Waals surface area contributed by atoms with Gasteiger partial charge in [0.2, 0.25) is 0 Å². The summed E-state index contributed by atoms with van der Waals surface area (Å²) in [5.74, 6) is 0. The number of thiophene rings is 1. The molecule has 1 aliphatic carbocycles. The van der Waals surface area contributed by atoms with Gasteiger partial charge < -0.3 is 5.32 Å². The van der Waals surface area contributed by atoms with Crippen LogP contribution in [0.3, 0.4) is 0 Å². The van der Waals surface area contributed by atoms with E-state index < -0.39 is 0 Å². The van der Waals surface area contributed by atoms with Crippen molar-refractivity contribution in [2.24, 2.45) is 0 Å². The zero-order valence-electron chi connectivity index (χ0n) is 10.8. The molecule has 94 valence electrons. The summed E-state index contributed by atoms with van der Waals surface area (Å²) in [4.78, 5) is 3.12. The van der Waals surface area contributed by atoms with Gasteiger partial charge in [-0.05, 0) is 43.4 Å². The molecule has 0 saturated heterocycles. The molecule has 0 unspecified atom stereocenters. The highest BCUT2D eigenvalue weighted by atomic mass is 32.1. The van der Waals surface area contributed by atoms with E-state index in [4.69, 9.17) is 0 Å². The standard InChI is InChI=1S/C16H19NS/c1-12-5-7-13(8-6-12)10-17-11-15-9-14-3-2-4-16(14)18-15/h5-9,17H,2-4,10-11H2,1H3. The fraction of sp³-hybridized carbons (Fsp3) is 0.375. The molecule has 0 radical (unpaired) electrons. The van der Waals surface area contributed by atoms with E-state index in [0.29, 0.717) is 0 Å². The highest BCUT2D eigenvalue weighted by Crippen LogP contribution is 2.30. The van der Waals surface area contributed by atoms with Crippen LogP contribution in [0.25, 0.3) is 0 Å². The SMILES string of the molecule is Cc1ccc(CNCc2cc3c(s2)CCC3)cc1. The van der Waals surface area contributed by atoms with Crippen LogP contribution in [-0.2, 0) is 25.9 Å². The summed E-state index contributed by atoms with van der Waals surface area (Å²) in [6, 6.07) is 11.2. The lowest BCUT2D eigenvalue weighted by atomic mass is 10.1. The van der Waals surface area contributed by atoms with E-state index in [0.717, 1.165) is 13.1 Å². The van der Waals surface area contributed by atoms with E-state index in [1.807, 2.05) is 11.3 Å². The van der Waals surface area contributed by atoms with Gasteiger partial charge in [0.25, 0.3) is 0 Å². The molecule has 1 nitrogen and oxygen atoms in total. The molecule has 3 rings (SSSR count). The molecule has 2 aromatic rings. The molecule has 0 amide bonds. The lowest BCUT2D eigenvalue weighted by molar-refractivity contribution is 0.700. The topological polar surface area (TPSA) is 12.0 Å². The van der Waals surface area contributed by atoms with Crippen molar-refractivity contribution >= 4 is 11.3 Å². The van der Waals surface area contributed by atoms with Gasteiger partial charge in [-0.25, -0.2) is 0 Å². The highest BCUT2D eigenvalue weighted by Gasteiger charge is 2.14. The zero-order chi connectivity index (χ0) is 12.4. The first-order valence-electron chi connectivity index (χ1n) is 6.68. The molecule has 0 fully saturated rings. The number of nitrogens with one attached hydrogen (secondary N) is 1. The predicted octanol–water partition coefficient (Wildman–Crippen LogP) is 3.84. The van der Waals surface area contributed by atoms with Crippen LogP contribution in [0, 0.1) is 6.92 Å². The third-order valence-electron chi connectivity index (χ3n) is 3.55. The first-order chi connectivity index (χ1) is 8.81. The highest BCUT2D eigenvalue weighted by molar-refractivity contribution is 7.12. The van der Waals surface area contributed by atoms with Crippen molar-refractivity contribution in [1.29, 1.82) is 0 Å². The van der Waals surface area contributed by atoms with Gasteiger partial charge >= 0.3 is 0 Å².